The lowest BCUT2D eigenvalue weighted by atomic mass is 10.2. The second-order valence-electron chi connectivity index (χ2n) is 9.12. The molecule has 2 aromatic carbocycles. The molecule has 0 unspecified atom stereocenters. The predicted octanol–water partition coefficient (Wildman–Crippen LogP) is 5.29. The van der Waals surface area contributed by atoms with E-state index in [9.17, 15) is 4.57 Å². The molecule has 0 saturated carbocycles. The van der Waals surface area contributed by atoms with Crippen LogP contribution in [0.1, 0.15) is 34.6 Å². The van der Waals surface area contributed by atoms with Gasteiger partial charge < -0.3 is 18.2 Å². The average Bonchev–Trinajstić information content (AvgIpc) is 3.22. The fourth-order valence-corrected chi connectivity index (χ4v) is 12.3. The number of rotatable bonds is 11. The van der Waals surface area contributed by atoms with Gasteiger partial charge in [-0.1, -0.05) is 81.4 Å². The van der Waals surface area contributed by atoms with Crippen molar-refractivity contribution in [3.05, 3.63) is 60.7 Å². The smallest absolute Gasteiger partial charge is 0.334 e. The molecule has 182 valence electrons. The molecule has 1 aliphatic rings. The van der Waals surface area contributed by atoms with Crippen LogP contribution in [0.15, 0.2) is 60.7 Å². The summed E-state index contributed by atoms with van der Waals surface area (Å²) in [6.07, 6.45) is 0.188. The van der Waals surface area contributed by atoms with Crippen LogP contribution in [-0.4, -0.2) is 51.6 Å². The highest BCUT2D eigenvalue weighted by Crippen LogP contribution is 2.51. The molecule has 0 amide bonds. The highest BCUT2D eigenvalue weighted by molar-refractivity contribution is 8.00. The van der Waals surface area contributed by atoms with Crippen LogP contribution in [0.5, 0.6) is 0 Å². The maximum absolute atomic E-state index is 12.9. The Morgan fingerprint density at radius 3 is 1.94 bits per heavy atom. The minimum atomic E-state index is -3.15. The fraction of sp³-hybridized carbons (Fsp3) is 0.520. The summed E-state index contributed by atoms with van der Waals surface area (Å²) in [5, 5.41) is 2.42. The van der Waals surface area contributed by atoms with Crippen LogP contribution in [0.3, 0.4) is 0 Å². The van der Waals surface area contributed by atoms with E-state index in [1.54, 1.807) is 11.8 Å². The zero-order valence-corrected chi connectivity index (χ0v) is 23.1. The van der Waals surface area contributed by atoms with Crippen LogP contribution in [0.2, 0.25) is 5.04 Å². The first-order valence-corrected chi connectivity index (χ1v) is 16.3. The van der Waals surface area contributed by atoms with E-state index in [1.807, 2.05) is 26.0 Å². The average molecular weight is 509 g/mol. The topological polar surface area (TPSA) is 54.0 Å². The third-order valence-electron chi connectivity index (χ3n) is 5.74. The van der Waals surface area contributed by atoms with Crippen molar-refractivity contribution < 1.29 is 22.8 Å². The van der Waals surface area contributed by atoms with Crippen LogP contribution in [0.25, 0.3) is 0 Å². The molecule has 0 spiro atoms. The summed E-state index contributed by atoms with van der Waals surface area (Å²) < 4.78 is 37.1. The Bertz CT molecular complexity index is 857. The van der Waals surface area contributed by atoms with E-state index in [2.05, 4.69) is 69.3 Å². The van der Waals surface area contributed by atoms with Gasteiger partial charge in [0.25, 0.3) is 8.32 Å². The lowest BCUT2D eigenvalue weighted by molar-refractivity contribution is 0.0370. The molecule has 1 aliphatic heterocycles. The summed E-state index contributed by atoms with van der Waals surface area (Å²) in [5.41, 5.74) is -0.221. The van der Waals surface area contributed by atoms with Gasteiger partial charge in [0, 0.05) is 5.75 Å². The van der Waals surface area contributed by atoms with Gasteiger partial charge in [-0.3, -0.25) is 4.57 Å². The molecule has 2 aromatic rings. The number of benzene rings is 2. The van der Waals surface area contributed by atoms with Crippen LogP contribution in [-0.2, 0) is 22.8 Å². The summed E-state index contributed by atoms with van der Waals surface area (Å²) in [6.45, 7) is 11.7. The lowest BCUT2D eigenvalue weighted by Gasteiger charge is -2.43. The van der Waals surface area contributed by atoms with Crippen molar-refractivity contribution in [2.45, 2.75) is 51.2 Å². The Labute approximate surface area is 204 Å². The van der Waals surface area contributed by atoms with E-state index in [-0.39, 0.29) is 22.7 Å². The van der Waals surface area contributed by atoms with Gasteiger partial charge in [-0.2, -0.15) is 0 Å². The van der Waals surface area contributed by atoms with Crippen molar-refractivity contribution in [3.63, 3.8) is 0 Å². The summed E-state index contributed by atoms with van der Waals surface area (Å²) >= 11 is 1.66. The molecule has 5 nitrogen and oxygen atoms in total. The van der Waals surface area contributed by atoms with Crippen LogP contribution in [0.4, 0.5) is 0 Å². The second kappa shape index (κ2) is 11.7. The first kappa shape index (κ1) is 26.7. The highest BCUT2D eigenvalue weighted by Gasteiger charge is 2.50. The minimum Gasteiger partial charge on any atom is -0.405 e. The van der Waals surface area contributed by atoms with Crippen molar-refractivity contribution in [2.75, 3.05) is 31.7 Å². The molecule has 2 atom stereocenters. The summed E-state index contributed by atoms with van der Waals surface area (Å²) in [7, 11) is -5.75. The van der Waals surface area contributed by atoms with Gasteiger partial charge in [-0.15, -0.1) is 11.8 Å². The van der Waals surface area contributed by atoms with Gasteiger partial charge in [0.2, 0.25) is 0 Å². The maximum Gasteiger partial charge on any atom is 0.334 e. The standard InChI is InChI=1S/C25H37O5PSSi/c1-6-27-31(26,28-7-2)19-24-30-21(20-32-24)18-29-33(25(3,4)5,22-14-10-8-11-15-22)23-16-12-9-13-17-23/h8-17,21,24H,6-7,18-20H2,1-5H3/t21-,24-/m0/s1. The molecule has 1 heterocycles. The molecule has 0 aromatic heterocycles. The second-order valence-corrected chi connectivity index (χ2v) is 16.7. The Morgan fingerprint density at radius 2 is 1.48 bits per heavy atom. The van der Waals surface area contributed by atoms with Gasteiger partial charge in [0.1, 0.15) is 5.44 Å². The Kier molecular flexibility index (Phi) is 9.44. The third-order valence-corrected chi connectivity index (χ3v) is 14.3. The van der Waals surface area contributed by atoms with Gasteiger partial charge in [-0.25, -0.2) is 0 Å². The van der Waals surface area contributed by atoms with Gasteiger partial charge in [0.05, 0.1) is 32.1 Å². The number of hydrogen-bond donors (Lipinski definition) is 0. The van der Waals surface area contributed by atoms with E-state index in [0.717, 1.165) is 5.75 Å². The minimum absolute atomic E-state index is 0.0710. The number of thioether (sulfide) groups is 1. The highest BCUT2D eigenvalue weighted by atomic mass is 32.2. The van der Waals surface area contributed by atoms with E-state index >= 15 is 0 Å². The van der Waals surface area contributed by atoms with Crippen LogP contribution >= 0.6 is 19.4 Å². The molecule has 1 fully saturated rings. The Morgan fingerprint density at radius 1 is 0.970 bits per heavy atom. The molecule has 0 aliphatic carbocycles. The number of hydrogen-bond acceptors (Lipinski definition) is 6. The van der Waals surface area contributed by atoms with E-state index in [4.69, 9.17) is 18.2 Å². The van der Waals surface area contributed by atoms with E-state index in [0.29, 0.717) is 19.8 Å². The molecule has 8 heteroatoms. The lowest BCUT2D eigenvalue weighted by Crippen LogP contribution is -2.67. The third kappa shape index (κ3) is 6.40. The molecule has 0 radical (unpaired) electrons. The molecule has 3 rings (SSSR count). The summed E-state index contributed by atoms with van der Waals surface area (Å²) in [5.74, 6) is 0.793. The summed E-state index contributed by atoms with van der Waals surface area (Å²) in [4.78, 5) is 0. The molecular weight excluding hydrogens is 471 g/mol. The first-order valence-electron chi connectivity index (χ1n) is 11.6. The first-order chi connectivity index (χ1) is 15.7. The van der Waals surface area contributed by atoms with Crippen molar-refractivity contribution in [2.24, 2.45) is 0 Å². The van der Waals surface area contributed by atoms with Gasteiger partial charge >= 0.3 is 7.60 Å². The molecule has 0 bridgehead atoms. The molecular formula is C25H37O5PSSi. The van der Waals surface area contributed by atoms with Gasteiger partial charge in [-0.05, 0) is 29.3 Å². The Hall–Kier alpha value is -0.923. The number of ether oxygens (including phenoxy) is 1. The molecule has 0 N–H and O–H groups in total. The zero-order valence-electron chi connectivity index (χ0n) is 20.4. The van der Waals surface area contributed by atoms with Crippen molar-refractivity contribution in [3.8, 4) is 0 Å². The predicted molar refractivity (Wildman–Crippen MR) is 140 cm³/mol. The normalized spacial score (nSPS) is 19.7. The Balaban J connectivity index is 1.80. The van der Waals surface area contributed by atoms with E-state index in [1.165, 1.54) is 10.4 Å². The van der Waals surface area contributed by atoms with E-state index < -0.39 is 15.9 Å². The van der Waals surface area contributed by atoms with Crippen molar-refractivity contribution >= 4 is 38.0 Å². The van der Waals surface area contributed by atoms with Crippen molar-refractivity contribution in [1.29, 1.82) is 0 Å². The molecule has 33 heavy (non-hydrogen) atoms. The maximum atomic E-state index is 12.9. The quantitative estimate of drug-likeness (QED) is 0.304. The fourth-order valence-electron chi connectivity index (χ4n) is 4.39. The molecule has 1 saturated heterocycles. The van der Waals surface area contributed by atoms with Crippen molar-refractivity contribution in [1.82, 2.24) is 0 Å². The zero-order chi connectivity index (χ0) is 24.0. The summed E-state index contributed by atoms with van der Waals surface area (Å²) in [6, 6.07) is 21.2. The largest absolute Gasteiger partial charge is 0.405 e. The van der Waals surface area contributed by atoms with Gasteiger partial charge in [0.15, 0.2) is 0 Å². The SMILES string of the molecule is CCOP(=O)(C[C@H]1O[C@@H](CO[Si](c2ccccc2)(c2ccccc2)C(C)(C)C)CS1)OCC. The van der Waals surface area contributed by atoms with Crippen LogP contribution < -0.4 is 10.4 Å². The monoisotopic (exact) mass is 508 g/mol. The van der Waals surface area contributed by atoms with Crippen LogP contribution in [0, 0.1) is 0 Å².